The van der Waals surface area contributed by atoms with Crippen LogP contribution in [-0.2, 0) is 11.7 Å². The predicted molar refractivity (Wildman–Crippen MR) is 54.5 cm³/mol. The van der Waals surface area contributed by atoms with E-state index in [9.17, 15) is 0 Å². The molecule has 13 heavy (non-hydrogen) atoms. The SMILES string of the molecule is [B]Cc1ccc(C(C)(C)C#N)cc1. The average molecular weight is 169 g/mol. The zero-order valence-electron chi connectivity index (χ0n) is 8.04. The molecule has 64 valence electrons. The van der Waals surface area contributed by atoms with Gasteiger partial charge in [-0.1, -0.05) is 36.1 Å². The summed E-state index contributed by atoms with van der Waals surface area (Å²) in [5.74, 6) is 0. The number of hydrogen-bond acceptors (Lipinski definition) is 1. The van der Waals surface area contributed by atoms with Gasteiger partial charge in [-0.15, -0.1) is 0 Å². The van der Waals surface area contributed by atoms with Gasteiger partial charge in [-0.05, 0) is 19.4 Å². The lowest BCUT2D eigenvalue weighted by Gasteiger charge is -2.15. The van der Waals surface area contributed by atoms with Gasteiger partial charge in [-0.25, -0.2) is 0 Å². The second kappa shape index (κ2) is 3.66. The summed E-state index contributed by atoms with van der Waals surface area (Å²) in [4.78, 5) is 0. The maximum atomic E-state index is 8.90. The van der Waals surface area contributed by atoms with Gasteiger partial charge in [-0.2, -0.15) is 5.26 Å². The minimum absolute atomic E-state index is 0.410. The summed E-state index contributed by atoms with van der Waals surface area (Å²) >= 11 is 0. The van der Waals surface area contributed by atoms with Crippen LogP contribution < -0.4 is 0 Å². The Hall–Kier alpha value is -1.23. The predicted octanol–water partition coefficient (Wildman–Crippen LogP) is 2.16. The first kappa shape index (κ1) is 9.86. The Morgan fingerprint density at radius 1 is 1.31 bits per heavy atom. The van der Waals surface area contributed by atoms with Crippen LogP contribution in [-0.4, -0.2) is 7.85 Å². The first-order valence-corrected chi connectivity index (χ1v) is 4.31. The minimum Gasteiger partial charge on any atom is -0.197 e. The van der Waals surface area contributed by atoms with Crippen molar-refractivity contribution in [1.82, 2.24) is 0 Å². The van der Waals surface area contributed by atoms with Crippen molar-refractivity contribution in [3.05, 3.63) is 35.4 Å². The first-order chi connectivity index (χ1) is 6.10. The van der Waals surface area contributed by atoms with Crippen LogP contribution in [0.15, 0.2) is 24.3 Å². The van der Waals surface area contributed by atoms with Gasteiger partial charge in [0, 0.05) is 0 Å². The van der Waals surface area contributed by atoms with Crippen molar-refractivity contribution in [2.45, 2.75) is 25.6 Å². The van der Waals surface area contributed by atoms with E-state index in [1.165, 1.54) is 0 Å². The Bertz CT molecular complexity index is 319. The second-order valence-electron chi connectivity index (χ2n) is 3.64. The van der Waals surface area contributed by atoms with Crippen molar-refractivity contribution in [2.24, 2.45) is 0 Å². The fourth-order valence-corrected chi connectivity index (χ4v) is 1.12. The van der Waals surface area contributed by atoms with Crippen molar-refractivity contribution in [3.63, 3.8) is 0 Å². The molecule has 0 saturated carbocycles. The van der Waals surface area contributed by atoms with E-state index in [4.69, 9.17) is 13.1 Å². The summed E-state index contributed by atoms with van der Waals surface area (Å²) in [5.41, 5.74) is 1.72. The molecule has 0 aliphatic heterocycles. The summed E-state index contributed by atoms with van der Waals surface area (Å²) in [5, 5.41) is 8.90. The monoisotopic (exact) mass is 169 g/mol. The molecule has 0 spiro atoms. The summed E-state index contributed by atoms with van der Waals surface area (Å²) < 4.78 is 0. The van der Waals surface area contributed by atoms with Gasteiger partial charge in [0.25, 0.3) is 0 Å². The first-order valence-electron chi connectivity index (χ1n) is 4.31. The lowest BCUT2D eigenvalue weighted by molar-refractivity contribution is 0.686. The van der Waals surface area contributed by atoms with E-state index in [0.29, 0.717) is 6.32 Å². The van der Waals surface area contributed by atoms with Crippen LogP contribution in [0.2, 0.25) is 0 Å². The van der Waals surface area contributed by atoms with Crippen molar-refractivity contribution in [3.8, 4) is 6.07 Å². The van der Waals surface area contributed by atoms with E-state index >= 15 is 0 Å². The van der Waals surface area contributed by atoms with Gasteiger partial charge in [0.05, 0.1) is 19.3 Å². The summed E-state index contributed by atoms with van der Waals surface area (Å²) in [6, 6.07) is 10.1. The highest BCUT2D eigenvalue weighted by molar-refractivity contribution is 6.08. The van der Waals surface area contributed by atoms with Crippen LogP contribution in [0, 0.1) is 11.3 Å². The zero-order valence-corrected chi connectivity index (χ0v) is 8.04. The standard InChI is InChI=1S/C11H12BN/c1-11(2,8-13)10-5-3-9(7-12)4-6-10/h3-6H,7H2,1-2H3. The molecule has 0 aliphatic carbocycles. The smallest absolute Gasteiger partial charge is 0.0766 e. The molecular weight excluding hydrogens is 157 g/mol. The van der Waals surface area contributed by atoms with Crippen LogP contribution >= 0.6 is 0 Å². The normalized spacial score (nSPS) is 10.8. The zero-order chi connectivity index (χ0) is 9.90. The Morgan fingerprint density at radius 3 is 2.23 bits per heavy atom. The molecule has 0 aromatic heterocycles. The molecule has 1 aromatic rings. The van der Waals surface area contributed by atoms with Crippen LogP contribution in [0.3, 0.4) is 0 Å². The fourth-order valence-electron chi connectivity index (χ4n) is 1.12. The van der Waals surface area contributed by atoms with Gasteiger partial charge >= 0.3 is 0 Å². The van der Waals surface area contributed by atoms with Crippen molar-refractivity contribution < 1.29 is 0 Å². The average Bonchev–Trinajstić information content (AvgIpc) is 2.18. The van der Waals surface area contributed by atoms with E-state index in [1.807, 2.05) is 38.1 Å². The Kier molecular flexibility index (Phi) is 2.77. The van der Waals surface area contributed by atoms with Crippen molar-refractivity contribution in [2.75, 3.05) is 0 Å². The molecule has 0 bridgehead atoms. The van der Waals surface area contributed by atoms with E-state index in [2.05, 4.69) is 6.07 Å². The van der Waals surface area contributed by atoms with E-state index in [-0.39, 0.29) is 0 Å². The van der Waals surface area contributed by atoms with Crippen LogP contribution in [0.1, 0.15) is 25.0 Å². The number of nitriles is 1. The van der Waals surface area contributed by atoms with E-state index in [0.717, 1.165) is 11.1 Å². The number of hydrogen-bond donors (Lipinski definition) is 0. The second-order valence-corrected chi connectivity index (χ2v) is 3.64. The van der Waals surface area contributed by atoms with Crippen LogP contribution in [0.4, 0.5) is 0 Å². The van der Waals surface area contributed by atoms with Gasteiger partial charge in [-0.3, -0.25) is 0 Å². The molecule has 1 nitrogen and oxygen atoms in total. The van der Waals surface area contributed by atoms with Gasteiger partial charge in [0.2, 0.25) is 0 Å². The summed E-state index contributed by atoms with van der Waals surface area (Å²) in [7, 11) is 5.48. The highest BCUT2D eigenvalue weighted by Crippen LogP contribution is 2.22. The quantitative estimate of drug-likeness (QED) is 0.622. The Labute approximate surface area is 80.8 Å². The van der Waals surface area contributed by atoms with E-state index in [1.54, 1.807) is 0 Å². The van der Waals surface area contributed by atoms with Gasteiger partial charge in [0.1, 0.15) is 0 Å². The third-order valence-corrected chi connectivity index (χ3v) is 2.19. The number of benzene rings is 1. The van der Waals surface area contributed by atoms with Crippen LogP contribution in [0.5, 0.6) is 0 Å². The molecule has 0 amide bonds. The number of nitrogens with zero attached hydrogens (tertiary/aromatic N) is 1. The van der Waals surface area contributed by atoms with E-state index < -0.39 is 5.41 Å². The molecule has 1 rings (SSSR count). The van der Waals surface area contributed by atoms with Crippen molar-refractivity contribution in [1.29, 1.82) is 5.26 Å². The molecule has 2 heteroatoms. The molecule has 2 radical (unpaired) electrons. The Morgan fingerprint density at radius 2 is 1.85 bits per heavy atom. The fraction of sp³-hybridized carbons (Fsp3) is 0.364. The topological polar surface area (TPSA) is 23.8 Å². The molecular formula is C11H12BN. The minimum atomic E-state index is -0.410. The Balaban J connectivity index is 3.00. The van der Waals surface area contributed by atoms with Gasteiger partial charge < -0.3 is 0 Å². The lowest BCUT2D eigenvalue weighted by atomic mass is 9.85. The summed E-state index contributed by atoms with van der Waals surface area (Å²) in [6.45, 7) is 3.81. The molecule has 1 aromatic carbocycles. The lowest BCUT2D eigenvalue weighted by Crippen LogP contribution is -2.13. The molecule has 0 unspecified atom stereocenters. The molecule has 0 fully saturated rings. The third kappa shape index (κ3) is 2.12. The highest BCUT2D eigenvalue weighted by atomic mass is 14.3. The summed E-state index contributed by atoms with van der Waals surface area (Å²) in [6.07, 6.45) is 0.549. The van der Waals surface area contributed by atoms with Crippen LogP contribution in [0.25, 0.3) is 0 Å². The molecule has 0 aliphatic rings. The molecule has 0 atom stereocenters. The van der Waals surface area contributed by atoms with Gasteiger partial charge in [0.15, 0.2) is 0 Å². The highest BCUT2D eigenvalue weighted by Gasteiger charge is 2.18. The molecule has 0 N–H and O–H groups in total. The number of rotatable bonds is 2. The molecule has 0 heterocycles. The largest absolute Gasteiger partial charge is 0.197 e. The maximum absolute atomic E-state index is 8.90. The van der Waals surface area contributed by atoms with Crippen molar-refractivity contribution >= 4 is 7.85 Å². The third-order valence-electron chi connectivity index (χ3n) is 2.19. The maximum Gasteiger partial charge on any atom is 0.0766 e. The molecule has 0 saturated heterocycles.